The lowest BCUT2D eigenvalue weighted by molar-refractivity contribution is -0.308. The third-order valence-corrected chi connectivity index (χ3v) is 2.36. The normalized spacial score (nSPS) is 12.6. The standard InChI is InChI=1S/C14H17NO4/c1-3-19-12(16)9-10(2)15-13(14(17)18)11-7-5-4-6-8-11/h4-9,13,15H,3H2,1-2H3,(H,17,18)/p-1/b10-9+/t13-/m1/s1. The summed E-state index contributed by atoms with van der Waals surface area (Å²) in [6.07, 6.45) is 1.21. The maximum Gasteiger partial charge on any atom is 0.332 e. The number of ether oxygens (including phenoxy) is 1. The second-order valence-corrected chi connectivity index (χ2v) is 3.89. The average molecular weight is 262 g/mol. The molecule has 1 aromatic carbocycles. The molecule has 1 aromatic rings. The van der Waals surface area contributed by atoms with Gasteiger partial charge in [-0.25, -0.2) is 4.79 Å². The number of aliphatic carboxylic acids is 1. The summed E-state index contributed by atoms with van der Waals surface area (Å²) in [5.74, 6) is -1.78. The van der Waals surface area contributed by atoms with Crippen molar-refractivity contribution in [3.63, 3.8) is 0 Å². The molecule has 0 aliphatic heterocycles. The topological polar surface area (TPSA) is 78.5 Å². The molecule has 1 atom stereocenters. The van der Waals surface area contributed by atoms with E-state index in [2.05, 4.69) is 5.32 Å². The zero-order valence-corrected chi connectivity index (χ0v) is 10.9. The monoisotopic (exact) mass is 262 g/mol. The Morgan fingerprint density at radius 1 is 1.37 bits per heavy atom. The number of carbonyl (C=O) groups excluding carboxylic acids is 2. The first-order valence-electron chi connectivity index (χ1n) is 5.92. The molecule has 1 rings (SSSR count). The Morgan fingerprint density at radius 2 is 2.00 bits per heavy atom. The minimum Gasteiger partial charge on any atom is -0.548 e. The summed E-state index contributed by atoms with van der Waals surface area (Å²) < 4.78 is 4.74. The van der Waals surface area contributed by atoms with E-state index in [0.29, 0.717) is 11.3 Å². The van der Waals surface area contributed by atoms with Crippen molar-refractivity contribution in [2.45, 2.75) is 19.9 Å². The van der Waals surface area contributed by atoms with Crippen molar-refractivity contribution in [2.75, 3.05) is 6.61 Å². The number of hydrogen-bond donors (Lipinski definition) is 1. The molecule has 0 aromatic heterocycles. The molecule has 0 fully saturated rings. The molecule has 0 amide bonds. The number of benzene rings is 1. The van der Waals surface area contributed by atoms with E-state index < -0.39 is 18.0 Å². The van der Waals surface area contributed by atoms with Crippen LogP contribution in [0.3, 0.4) is 0 Å². The fourth-order valence-corrected chi connectivity index (χ4v) is 1.55. The van der Waals surface area contributed by atoms with Gasteiger partial charge in [0.2, 0.25) is 0 Å². The number of rotatable bonds is 6. The molecular weight excluding hydrogens is 246 g/mol. The van der Waals surface area contributed by atoms with Crippen molar-refractivity contribution in [3.05, 3.63) is 47.7 Å². The third-order valence-electron chi connectivity index (χ3n) is 2.36. The van der Waals surface area contributed by atoms with Crippen molar-refractivity contribution in [3.8, 4) is 0 Å². The maximum atomic E-state index is 11.2. The minimum atomic E-state index is -1.26. The van der Waals surface area contributed by atoms with Crippen molar-refractivity contribution < 1.29 is 19.4 Å². The van der Waals surface area contributed by atoms with Gasteiger partial charge in [0, 0.05) is 11.8 Å². The van der Waals surface area contributed by atoms with Gasteiger partial charge in [0.05, 0.1) is 18.6 Å². The number of allylic oxidation sites excluding steroid dienone is 1. The van der Waals surface area contributed by atoms with E-state index in [0.717, 1.165) is 0 Å². The molecule has 1 N–H and O–H groups in total. The summed E-state index contributed by atoms with van der Waals surface area (Å²) in [5, 5.41) is 13.9. The quantitative estimate of drug-likeness (QED) is 0.598. The summed E-state index contributed by atoms with van der Waals surface area (Å²) >= 11 is 0. The van der Waals surface area contributed by atoms with Crippen molar-refractivity contribution in [2.24, 2.45) is 0 Å². The highest BCUT2D eigenvalue weighted by Crippen LogP contribution is 2.13. The summed E-state index contributed by atoms with van der Waals surface area (Å²) in [4.78, 5) is 22.4. The number of hydrogen-bond acceptors (Lipinski definition) is 5. The largest absolute Gasteiger partial charge is 0.548 e. The number of nitrogens with one attached hydrogen (secondary N) is 1. The molecule has 0 radical (unpaired) electrons. The first kappa shape index (κ1) is 14.8. The fourth-order valence-electron chi connectivity index (χ4n) is 1.55. The molecule has 5 heteroatoms. The highest BCUT2D eigenvalue weighted by atomic mass is 16.5. The lowest BCUT2D eigenvalue weighted by Crippen LogP contribution is -2.38. The first-order chi connectivity index (χ1) is 9.04. The van der Waals surface area contributed by atoms with E-state index in [1.807, 2.05) is 0 Å². The van der Waals surface area contributed by atoms with Crippen LogP contribution in [0.4, 0.5) is 0 Å². The molecule has 0 aliphatic carbocycles. The Bertz CT molecular complexity index is 468. The van der Waals surface area contributed by atoms with Gasteiger partial charge >= 0.3 is 5.97 Å². The molecule has 0 bridgehead atoms. The zero-order chi connectivity index (χ0) is 14.3. The Balaban J connectivity index is 2.81. The second kappa shape index (κ2) is 7.20. The van der Waals surface area contributed by atoms with E-state index in [-0.39, 0.29) is 6.61 Å². The van der Waals surface area contributed by atoms with E-state index in [9.17, 15) is 14.7 Å². The number of carbonyl (C=O) groups is 2. The second-order valence-electron chi connectivity index (χ2n) is 3.89. The van der Waals surface area contributed by atoms with Crippen LogP contribution in [0.2, 0.25) is 0 Å². The Hall–Kier alpha value is -2.30. The van der Waals surface area contributed by atoms with Crippen LogP contribution < -0.4 is 10.4 Å². The zero-order valence-electron chi connectivity index (χ0n) is 10.9. The molecule has 0 saturated heterocycles. The first-order valence-corrected chi connectivity index (χ1v) is 5.92. The van der Waals surface area contributed by atoms with Gasteiger partial charge in [0.15, 0.2) is 0 Å². The SMILES string of the molecule is CCOC(=O)/C=C(\C)N[C@@H](C(=O)[O-])c1ccccc1. The molecule has 0 saturated carbocycles. The van der Waals surface area contributed by atoms with Crippen LogP contribution in [0.5, 0.6) is 0 Å². The maximum absolute atomic E-state index is 11.2. The number of carboxylic acids is 1. The van der Waals surface area contributed by atoms with E-state index >= 15 is 0 Å². The lowest BCUT2D eigenvalue weighted by atomic mass is 10.1. The minimum absolute atomic E-state index is 0.269. The molecule has 5 nitrogen and oxygen atoms in total. The highest BCUT2D eigenvalue weighted by molar-refractivity contribution is 5.83. The van der Waals surface area contributed by atoms with Crippen LogP contribution in [-0.4, -0.2) is 18.5 Å². The van der Waals surface area contributed by atoms with Crippen molar-refractivity contribution in [1.29, 1.82) is 0 Å². The Kier molecular flexibility index (Phi) is 5.60. The van der Waals surface area contributed by atoms with Crippen LogP contribution in [0, 0.1) is 0 Å². The molecule has 19 heavy (non-hydrogen) atoms. The molecule has 0 unspecified atom stereocenters. The lowest BCUT2D eigenvalue weighted by Gasteiger charge is -2.21. The van der Waals surface area contributed by atoms with Crippen LogP contribution >= 0.6 is 0 Å². The molecule has 0 aliphatic rings. The summed E-state index contributed by atoms with van der Waals surface area (Å²) in [5.41, 5.74) is 0.954. The van der Waals surface area contributed by atoms with Crippen molar-refractivity contribution >= 4 is 11.9 Å². The van der Waals surface area contributed by atoms with Gasteiger partial charge in [-0.05, 0) is 19.4 Å². The van der Waals surface area contributed by atoms with Gasteiger partial charge in [-0.15, -0.1) is 0 Å². The smallest absolute Gasteiger partial charge is 0.332 e. The van der Waals surface area contributed by atoms with Crippen LogP contribution in [-0.2, 0) is 14.3 Å². The van der Waals surface area contributed by atoms with Gasteiger partial charge in [0.1, 0.15) is 0 Å². The summed E-state index contributed by atoms with van der Waals surface area (Å²) in [6, 6.07) is 7.59. The van der Waals surface area contributed by atoms with Gasteiger partial charge in [-0.3, -0.25) is 0 Å². The third kappa shape index (κ3) is 4.83. The molecule has 0 spiro atoms. The Morgan fingerprint density at radius 3 is 2.53 bits per heavy atom. The summed E-state index contributed by atoms with van der Waals surface area (Å²) in [6.45, 7) is 3.56. The predicted octanol–water partition coefficient (Wildman–Crippen LogP) is 0.534. The highest BCUT2D eigenvalue weighted by Gasteiger charge is 2.12. The molecular formula is C14H16NO4-. The summed E-state index contributed by atoms with van der Waals surface area (Å²) in [7, 11) is 0. The molecule has 102 valence electrons. The van der Waals surface area contributed by atoms with Gasteiger partial charge < -0.3 is 20.0 Å². The van der Waals surface area contributed by atoms with Crippen LogP contribution in [0.1, 0.15) is 25.5 Å². The van der Waals surface area contributed by atoms with E-state index in [1.54, 1.807) is 44.2 Å². The van der Waals surface area contributed by atoms with Gasteiger partial charge in [-0.1, -0.05) is 30.3 Å². The van der Waals surface area contributed by atoms with Crippen LogP contribution in [0.25, 0.3) is 0 Å². The van der Waals surface area contributed by atoms with E-state index in [4.69, 9.17) is 4.74 Å². The number of carboxylic acid groups (broad SMARTS) is 1. The molecule has 0 heterocycles. The fraction of sp³-hybridized carbons (Fsp3) is 0.286. The van der Waals surface area contributed by atoms with Gasteiger partial charge in [0.25, 0.3) is 0 Å². The number of esters is 1. The van der Waals surface area contributed by atoms with Crippen molar-refractivity contribution in [1.82, 2.24) is 5.32 Å². The van der Waals surface area contributed by atoms with Gasteiger partial charge in [-0.2, -0.15) is 0 Å². The Labute approximate surface area is 111 Å². The predicted molar refractivity (Wildman–Crippen MR) is 67.7 cm³/mol. The van der Waals surface area contributed by atoms with E-state index in [1.165, 1.54) is 6.08 Å². The van der Waals surface area contributed by atoms with Crippen LogP contribution in [0.15, 0.2) is 42.1 Å². The average Bonchev–Trinajstić information content (AvgIpc) is 2.37.